The van der Waals surface area contributed by atoms with E-state index in [0.717, 1.165) is 5.69 Å². The summed E-state index contributed by atoms with van der Waals surface area (Å²) in [5, 5.41) is 3.82. The maximum atomic E-state index is 9.99. The molecule has 0 bridgehead atoms. The van der Waals surface area contributed by atoms with Crippen LogP contribution in [0.1, 0.15) is 8.35 Å². The molecule has 0 aliphatic carbocycles. The van der Waals surface area contributed by atoms with E-state index in [1.807, 2.05) is 30.3 Å². The Balaban J connectivity index is 0. The van der Waals surface area contributed by atoms with Crippen LogP contribution in [0.25, 0.3) is 0 Å². The molecule has 0 atom stereocenters. The van der Waals surface area contributed by atoms with Crippen LogP contribution in [-0.4, -0.2) is 5.90 Å². The molecule has 0 saturated heterocycles. The molecule has 0 aromatic heterocycles. The molecule has 1 rings (SSSR count). The van der Waals surface area contributed by atoms with Crippen LogP contribution >= 0.6 is 8.69 Å². The minimum atomic E-state index is -0.396. The Morgan fingerprint density at radius 1 is 1.50 bits per heavy atom. The van der Waals surface area contributed by atoms with Gasteiger partial charge in [-0.05, 0) is 12.1 Å². The van der Waals surface area contributed by atoms with Gasteiger partial charge in [0.25, 0.3) is 0 Å². The van der Waals surface area contributed by atoms with Crippen LogP contribution in [0, 0.1) is 0 Å². The molecule has 0 aliphatic rings. The third-order valence-corrected chi connectivity index (χ3v) is 1.62. The van der Waals surface area contributed by atoms with Crippen LogP contribution in [-0.2, 0) is 9.09 Å². The molecule has 0 radical (unpaired) electrons. The maximum Gasteiger partial charge on any atom is 1.00 e. The predicted octanol–water partition coefficient (Wildman–Crippen LogP) is -0.228. The molecule has 1 aromatic rings. The molecule has 0 heterocycles. The normalized spacial score (nSPS) is 10.5. The van der Waals surface area contributed by atoms with Crippen molar-refractivity contribution < 1.29 is 40.1 Å². The van der Waals surface area contributed by atoms with Gasteiger partial charge in [0.05, 0.1) is 5.69 Å². The van der Waals surface area contributed by atoms with E-state index in [-0.39, 0.29) is 31.0 Å². The average molecular weight is 220 g/mol. The summed E-state index contributed by atoms with van der Waals surface area (Å²) >= 11 is 0. The van der Waals surface area contributed by atoms with Crippen molar-refractivity contribution in [2.24, 2.45) is 5.10 Å². The molecular weight excluding hydrogens is 210 g/mol. The third-order valence-electron chi connectivity index (χ3n) is 1.29. The van der Waals surface area contributed by atoms with E-state index in [9.17, 15) is 4.57 Å². The van der Waals surface area contributed by atoms with Crippen molar-refractivity contribution in [2.45, 2.75) is 6.92 Å². The van der Waals surface area contributed by atoms with Crippen molar-refractivity contribution in [3.8, 4) is 0 Å². The van der Waals surface area contributed by atoms with Crippen molar-refractivity contribution in [3.63, 3.8) is 0 Å². The predicted molar refractivity (Wildman–Crippen MR) is 53.0 cm³/mol. The SMILES string of the molecule is CC(=NNc1ccccc1)OP=O.[H-].[Na+]. The quantitative estimate of drug-likeness (QED) is 0.252. The number of para-hydroxylation sites is 1. The van der Waals surface area contributed by atoms with Crippen LogP contribution in [0.15, 0.2) is 35.4 Å². The fourth-order valence-corrected chi connectivity index (χ4v) is 0.879. The number of hydrogen-bond acceptors (Lipinski definition) is 4. The first kappa shape index (κ1) is 13.6. The smallest absolute Gasteiger partial charge is 1.00 e. The van der Waals surface area contributed by atoms with E-state index in [1.54, 1.807) is 6.92 Å². The van der Waals surface area contributed by atoms with E-state index in [2.05, 4.69) is 15.1 Å². The zero-order chi connectivity index (χ0) is 9.52. The van der Waals surface area contributed by atoms with Crippen LogP contribution < -0.4 is 35.0 Å². The molecule has 0 spiro atoms. The Morgan fingerprint density at radius 3 is 2.71 bits per heavy atom. The van der Waals surface area contributed by atoms with E-state index in [1.165, 1.54) is 0 Å². The van der Waals surface area contributed by atoms with Crippen LogP contribution in [0.5, 0.6) is 0 Å². The Bertz CT molecular complexity index is 311. The molecule has 6 heteroatoms. The number of nitrogens with one attached hydrogen (secondary N) is 1. The zero-order valence-electron chi connectivity index (χ0n) is 9.10. The number of benzene rings is 1. The molecule has 0 unspecified atom stereocenters. The number of anilines is 1. The van der Waals surface area contributed by atoms with Crippen molar-refractivity contribution in [1.29, 1.82) is 0 Å². The van der Waals surface area contributed by atoms with E-state index >= 15 is 0 Å². The van der Waals surface area contributed by atoms with E-state index in [0.29, 0.717) is 5.90 Å². The summed E-state index contributed by atoms with van der Waals surface area (Å²) in [4.78, 5) is 0. The van der Waals surface area contributed by atoms with Gasteiger partial charge in [-0.25, -0.2) is 4.57 Å². The Labute approximate surface area is 108 Å². The molecule has 0 fully saturated rings. The second-order valence-corrected chi connectivity index (χ2v) is 2.61. The Kier molecular flexibility index (Phi) is 7.71. The van der Waals surface area contributed by atoms with Crippen LogP contribution in [0.4, 0.5) is 5.69 Å². The van der Waals surface area contributed by atoms with Crippen molar-refractivity contribution in [3.05, 3.63) is 30.3 Å². The first-order valence-corrected chi connectivity index (χ1v) is 4.41. The van der Waals surface area contributed by atoms with Gasteiger partial charge in [0.1, 0.15) is 0 Å². The fraction of sp³-hybridized carbons (Fsp3) is 0.125. The number of hydrazone groups is 1. The standard InChI is InChI=1S/C8H9N2O2P.Na.H/c1-7(12-13-11)9-10-8-5-3-2-4-6-8;;/h2-6,10H,1H3;;/q;+1;-1. The molecule has 0 saturated carbocycles. The molecule has 4 nitrogen and oxygen atoms in total. The molecule has 0 amide bonds. The van der Waals surface area contributed by atoms with Gasteiger partial charge in [-0.3, -0.25) is 5.43 Å². The second-order valence-electron chi connectivity index (χ2n) is 2.27. The summed E-state index contributed by atoms with van der Waals surface area (Å²) in [6.07, 6.45) is 0. The van der Waals surface area contributed by atoms with Gasteiger partial charge < -0.3 is 5.95 Å². The van der Waals surface area contributed by atoms with Gasteiger partial charge in [-0.15, -0.1) is 5.10 Å². The number of hydrogen-bond donors (Lipinski definition) is 1. The number of nitrogens with zero attached hydrogens (tertiary/aromatic N) is 1. The zero-order valence-corrected chi connectivity index (χ0v) is 11.0. The fourth-order valence-electron chi connectivity index (χ4n) is 0.730. The third kappa shape index (κ3) is 5.35. The van der Waals surface area contributed by atoms with Gasteiger partial charge >= 0.3 is 38.2 Å². The van der Waals surface area contributed by atoms with Gasteiger partial charge in [0.2, 0.25) is 5.90 Å². The van der Waals surface area contributed by atoms with Crippen LogP contribution in [0.3, 0.4) is 0 Å². The van der Waals surface area contributed by atoms with Crippen molar-refractivity contribution in [1.82, 2.24) is 0 Å². The van der Waals surface area contributed by atoms with Gasteiger partial charge in [0, 0.05) is 6.92 Å². The summed E-state index contributed by atoms with van der Waals surface area (Å²) < 4.78 is 14.6. The van der Waals surface area contributed by atoms with Crippen molar-refractivity contribution in [2.75, 3.05) is 5.43 Å². The summed E-state index contributed by atoms with van der Waals surface area (Å²) in [6.45, 7) is 1.61. The van der Waals surface area contributed by atoms with Gasteiger partial charge in [-0.1, -0.05) is 18.2 Å². The first-order valence-electron chi connectivity index (χ1n) is 3.68. The maximum absolute atomic E-state index is 9.99. The topological polar surface area (TPSA) is 50.7 Å². The minimum absolute atomic E-state index is 0. The summed E-state index contributed by atoms with van der Waals surface area (Å²) in [7, 11) is -0.396. The van der Waals surface area contributed by atoms with Crippen molar-refractivity contribution >= 4 is 20.3 Å². The second kappa shape index (κ2) is 7.94. The molecule has 14 heavy (non-hydrogen) atoms. The van der Waals surface area contributed by atoms with E-state index < -0.39 is 8.69 Å². The average Bonchev–Trinajstić information content (AvgIpc) is 2.17. The van der Waals surface area contributed by atoms with Crippen LogP contribution in [0.2, 0.25) is 0 Å². The minimum Gasteiger partial charge on any atom is -1.00 e. The van der Waals surface area contributed by atoms with E-state index in [4.69, 9.17) is 0 Å². The largest absolute Gasteiger partial charge is 1.00 e. The molecular formula is C8H10N2NaO2P. The monoisotopic (exact) mass is 220 g/mol. The summed E-state index contributed by atoms with van der Waals surface area (Å²) in [6, 6.07) is 9.42. The Morgan fingerprint density at radius 2 is 2.14 bits per heavy atom. The first-order chi connectivity index (χ1) is 6.33. The molecule has 1 aromatic carbocycles. The summed E-state index contributed by atoms with van der Waals surface area (Å²) in [5.41, 5.74) is 3.60. The molecule has 1 N–H and O–H groups in total. The molecule has 0 aliphatic heterocycles. The summed E-state index contributed by atoms with van der Waals surface area (Å²) in [5.74, 6) is 0.320. The molecule has 70 valence electrons. The van der Waals surface area contributed by atoms with Gasteiger partial charge in [0.15, 0.2) is 0 Å². The van der Waals surface area contributed by atoms with Gasteiger partial charge in [-0.2, -0.15) is 0 Å². The Hall–Kier alpha value is -0.410. The number of rotatable bonds is 3.